The molecule has 0 amide bonds. The quantitative estimate of drug-likeness (QED) is 0.536. The molecule has 0 atom stereocenters. The smallest absolute Gasteiger partial charge is 0.196 e. The van der Waals surface area contributed by atoms with E-state index in [1.165, 1.54) is 0 Å². The second-order valence-corrected chi connectivity index (χ2v) is 4.66. The highest BCUT2D eigenvalue weighted by atomic mass is 32.9. The number of hydrogen-bond donors (Lipinski definition) is 0. The van der Waals surface area contributed by atoms with Gasteiger partial charge in [0.2, 0.25) is 0 Å². The van der Waals surface area contributed by atoms with E-state index in [9.17, 15) is 0 Å². The summed E-state index contributed by atoms with van der Waals surface area (Å²) in [5, 5.41) is 0. The van der Waals surface area contributed by atoms with Gasteiger partial charge < -0.3 is 0 Å². The molecule has 0 unspecified atom stereocenters. The van der Waals surface area contributed by atoms with E-state index in [0.717, 1.165) is 21.8 Å². The Kier molecular flexibility index (Phi) is 3.42. The maximum Gasteiger partial charge on any atom is 0.196 e. The van der Waals surface area contributed by atoms with Crippen molar-refractivity contribution in [2.75, 3.05) is 6.54 Å². The van der Waals surface area contributed by atoms with Gasteiger partial charge in [-0.15, -0.1) is 0 Å². The van der Waals surface area contributed by atoms with Gasteiger partial charge in [0, 0.05) is 13.1 Å². The van der Waals surface area contributed by atoms with E-state index < -0.39 is 0 Å². The van der Waals surface area contributed by atoms with Gasteiger partial charge in [-0.2, -0.15) is 0 Å². The van der Waals surface area contributed by atoms with Gasteiger partial charge in [-0.1, -0.05) is 0 Å². The van der Waals surface area contributed by atoms with Crippen molar-refractivity contribution in [2.24, 2.45) is 4.99 Å². The summed E-state index contributed by atoms with van der Waals surface area (Å²) >= 11 is 5.12. The second kappa shape index (κ2) is 4.13. The summed E-state index contributed by atoms with van der Waals surface area (Å²) in [6.45, 7) is 5.89. The van der Waals surface area contributed by atoms with Crippen LogP contribution in [0.5, 0.6) is 0 Å². The lowest BCUT2D eigenvalue weighted by Crippen LogP contribution is -2.13. The van der Waals surface area contributed by atoms with E-state index in [0.29, 0.717) is 0 Å². The van der Waals surface area contributed by atoms with E-state index in [2.05, 4.69) is 16.5 Å². The van der Waals surface area contributed by atoms with Crippen molar-refractivity contribution in [3.05, 3.63) is 8.76 Å². The lowest BCUT2D eigenvalue weighted by Gasteiger charge is -1.92. The molecule has 0 aliphatic carbocycles. The number of nitrogens with zero attached hydrogens (tertiary/aromatic N) is 2. The fourth-order valence-electron chi connectivity index (χ4n) is 0.752. The minimum atomic E-state index is 0.835. The summed E-state index contributed by atoms with van der Waals surface area (Å²) in [4.78, 5) is 5.38. The summed E-state index contributed by atoms with van der Waals surface area (Å²) in [6.07, 6.45) is 0. The van der Waals surface area contributed by atoms with Crippen LogP contribution in [0, 0.1) is 3.95 Å². The van der Waals surface area contributed by atoms with Crippen LogP contribution in [-0.4, -0.2) is 11.1 Å². The molecule has 0 saturated carbocycles. The van der Waals surface area contributed by atoms with Crippen LogP contribution in [0.4, 0.5) is 0 Å². The summed E-state index contributed by atoms with van der Waals surface area (Å²) in [5.74, 6) is 0. The Hall–Kier alpha value is -0.0000000000000000278. The average Bonchev–Trinajstić information content (AvgIpc) is 2.33. The van der Waals surface area contributed by atoms with E-state index in [4.69, 9.17) is 12.2 Å². The minimum Gasteiger partial charge on any atom is -0.299 e. The molecule has 1 rings (SSSR count). The molecule has 1 aromatic heterocycles. The van der Waals surface area contributed by atoms with Crippen molar-refractivity contribution in [3.8, 4) is 0 Å². The molecule has 0 bridgehead atoms. The predicted molar refractivity (Wildman–Crippen MR) is 52.8 cm³/mol. The van der Waals surface area contributed by atoms with Crippen LogP contribution in [0.15, 0.2) is 4.99 Å². The van der Waals surface area contributed by atoms with Gasteiger partial charge in [0.15, 0.2) is 8.76 Å². The molecule has 0 saturated heterocycles. The van der Waals surface area contributed by atoms with E-state index in [1.54, 1.807) is 20.7 Å². The van der Waals surface area contributed by atoms with Gasteiger partial charge in [-0.05, 0) is 46.7 Å². The first-order chi connectivity index (χ1) is 5.29. The molecule has 1 aromatic rings. The second-order valence-electron chi connectivity index (χ2n) is 1.93. The summed E-state index contributed by atoms with van der Waals surface area (Å²) < 4.78 is 3.00. The highest BCUT2D eigenvalue weighted by molar-refractivity contribution is 7.79. The van der Waals surface area contributed by atoms with Crippen LogP contribution < -0.4 is 4.80 Å². The fourth-order valence-corrected chi connectivity index (χ4v) is 3.47. The molecule has 0 aromatic carbocycles. The average molecular weight is 206 g/mol. The van der Waals surface area contributed by atoms with Crippen molar-refractivity contribution in [2.45, 2.75) is 20.4 Å². The zero-order valence-corrected chi connectivity index (χ0v) is 8.98. The highest BCUT2D eigenvalue weighted by Gasteiger charge is 1.94. The van der Waals surface area contributed by atoms with Gasteiger partial charge in [0.1, 0.15) is 0 Å². The van der Waals surface area contributed by atoms with E-state index in [-0.39, 0.29) is 0 Å². The van der Waals surface area contributed by atoms with Crippen molar-refractivity contribution < 1.29 is 0 Å². The molecule has 0 aliphatic heterocycles. The zero-order valence-electron chi connectivity index (χ0n) is 6.53. The molecule has 5 heteroatoms. The summed E-state index contributed by atoms with van der Waals surface area (Å²) in [7, 11) is 3.28. The van der Waals surface area contributed by atoms with Crippen molar-refractivity contribution in [3.63, 3.8) is 0 Å². The fraction of sp³-hybridized carbons (Fsp3) is 0.667. The van der Waals surface area contributed by atoms with Gasteiger partial charge >= 0.3 is 0 Å². The van der Waals surface area contributed by atoms with Crippen LogP contribution in [-0.2, 0) is 6.54 Å². The molecule has 11 heavy (non-hydrogen) atoms. The molecule has 0 radical (unpaired) electrons. The van der Waals surface area contributed by atoms with Crippen LogP contribution >= 0.6 is 32.9 Å². The van der Waals surface area contributed by atoms with E-state index in [1.807, 2.05) is 6.92 Å². The highest BCUT2D eigenvalue weighted by Crippen LogP contribution is 2.04. The summed E-state index contributed by atoms with van der Waals surface area (Å²) in [5.41, 5.74) is 0. The Balaban J connectivity index is 3.27. The van der Waals surface area contributed by atoms with E-state index >= 15 is 0 Å². The van der Waals surface area contributed by atoms with Crippen molar-refractivity contribution in [1.29, 1.82) is 0 Å². The third-order valence-electron chi connectivity index (χ3n) is 1.25. The maximum atomic E-state index is 5.12. The van der Waals surface area contributed by atoms with Gasteiger partial charge in [0.05, 0.1) is 0 Å². The third-order valence-corrected chi connectivity index (χ3v) is 4.15. The van der Waals surface area contributed by atoms with Crippen LogP contribution in [0.2, 0.25) is 0 Å². The van der Waals surface area contributed by atoms with Gasteiger partial charge in [0.25, 0.3) is 0 Å². The van der Waals surface area contributed by atoms with Crippen molar-refractivity contribution >= 4 is 32.9 Å². The summed E-state index contributed by atoms with van der Waals surface area (Å²) in [6, 6.07) is 0. The largest absolute Gasteiger partial charge is 0.299 e. The monoisotopic (exact) mass is 206 g/mol. The van der Waals surface area contributed by atoms with Crippen LogP contribution in [0.3, 0.4) is 0 Å². The lowest BCUT2D eigenvalue weighted by atomic mass is 10.7. The van der Waals surface area contributed by atoms with Gasteiger partial charge in [-0.3, -0.25) is 9.56 Å². The topological polar surface area (TPSA) is 17.3 Å². The van der Waals surface area contributed by atoms with Gasteiger partial charge in [-0.25, -0.2) is 0 Å². The van der Waals surface area contributed by atoms with Crippen LogP contribution in [0.25, 0.3) is 0 Å². The normalized spacial score (nSPS) is 12.4. The number of rotatable bonds is 2. The molecule has 1 heterocycles. The Morgan fingerprint density at radius 1 is 1.45 bits per heavy atom. The Labute approximate surface area is 78.2 Å². The molecule has 0 aliphatic rings. The van der Waals surface area contributed by atoms with Crippen molar-refractivity contribution in [1.82, 2.24) is 4.57 Å². The number of aromatic nitrogens is 1. The molecular weight excluding hydrogens is 196 g/mol. The maximum absolute atomic E-state index is 5.12. The Morgan fingerprint density at radius 2 is 2.18 bits per heavy atom. The molecule has 62 valence electrons. The number of hydrogen-bond acceptors (Lipinski definition) is 4. The van der Waals surface area contributed by atoms with Crippen LogP contribution in [0.1, 0.15) is 13.8 Å². The minimum absolute atomic E-state index is 0.835. The first-order valence-corrected chi connectivity index (χ1v) is 6.05. The first-order valence-electron chi connectivity index (χ1n) is 3.50. The first kappa shape index (κ1) is 9.09. The third kappa shape index (κ3) is 1.98. The Bertz CT molecular complexity index is 330. The lowest BCUT2D eigenvalue weighted by molar-refractivity contribution is 0.723. The molecule has 0 N–H and O–H groups in total. The molecular formula is C6H10N2S3. The molecule has 0 spiro atoms. The SMILES string of the molecule is CC/N=c1/ssc(=S)n1CC. The predicted octanol–water partition coefficient (Wildman–Crippen LogP) is 2.28. The Morgan fingerprint density at radius 3 is 2.73 bits per heavy atom. The molecule has 2 nitrogen and oxygen atoms in total. The standard InChI is InChI=1S/C6H10N2S3/c1-3-7-5-8(4-2)6(9)11-10-5/h3-4H2,1-2H3/b7-5+. The molecule has 0 fully saturated rings. The zero-order chi connectivity index (χ0) is 8.27.